The molecule has 0 aromatic heterocycles. The third kappa shape index (κ3) is 1.50. The zero-order chi connectivity index (χ0) is 10.3. The Kier molecular flexibility index (Phi) is 2.45. The fourth-order valence-electron chi connectivity index (χ4n) is 1.69. The number of hydrogen-bond donors (Lipinski definition) is 1. The normalized spacial score (nSPS) is 26.4. The van der Waals surface area contributed by atoms with E-state index < -0.39 is 6.17 Å². The number of hydrazine groups is 1. The molecule has 0 aromatic carbocycles. The van der Waals surface area contributed by atoms with Crippen molar-refractivity contribution in [1.82, 2.24) is 10.4 Å². The molecule has 2 aliphatic rings. The number of carbonyl (C=O) groups excluding carboxylic acids is 1. The Balaban J connectivity index is 2.31. The van der Waals surface area contributed by atoms with Crippen LogP contribution in [0.1, 0.15) is 13.3 Å². The van der Waals surface area contributed by atoms with Crippen LogP contribution in [0.5, 0.6) is 0 Å². The molecule has 1 atom stereocenters. The Morgan fingerprint density at radius 1 is 1.79 bits per heavy atom. The summed E-state index contributed by atoms with van der Waals surface area (Å²) >= 11 is 3.17. The molecule has 0 bridgehead atoms. The number of allylic oxidation sites excluding steroid dienone is 2. The highest BCUT2D eigenvalue weighted by Gasteiger charge is 2.30. The quantitative estimate of drug-likeness (QED) is 0.718. The van der Waals surface area contributed by atoms with E-state index in [1.165, 1.54) is 11.9 Å². The second-order valence-corrected chi connectivity index (χ2v) is 4.28. The van der Waals surface area contributed by atoms with Crippen LogP contribution in [0.3, 0.4) is 0 Å². The lowest BCUT2D eigenvalue weighted by molar-refractivity contribution is -0.129. The number of carbonyl (C=O) groups is 1. The summed E-state index contributed by atoms with van der Waals surface area (Å²) in [5.41, 5.74) is 4.66. The summed E-state index contributed by atoms with van der Waals surface area (Å²) in [5.74, 6) is -0.103. The molecule has 2 rings (SSSR count). The number of alkyl halides is 1. The van der Waals surface area contributed by atoms with Gasteiger partial charge < -0.3 is 0 Å². The van der Waals surface area contributed by atoms with Crippen molar-refractivity contribution >= 4 is 21.8 Å². The van der Waals surface area contributed by atoms with E-state index in [9.17, 15) is 9.18 Å². The molecule has 1 aliphatic carbocycles. The Labute approximate surface area is 89.7 Å². The highest BCUT2D eigenvalue weighted by atomic mass is 79.9. The van der Waals surface area contributed by atoms with Gasteiger partial charge >= 0.3 is 0 Å². The minimum atomic E-state index is -1.03. The number of amides is 1. The molecule has 0 fully saturated rings. The molecule has 1 aliphatic heterocycles. The number of hydrogen-bond acceptors (Lipinski definition) is 2. The third-order valence-corrected chi connectivity index (χ3v) is 3.09. The largest absolute Gasteiger partial charge is 0.273 e. The minimum absolute atomic E-state index is 0.103. The van der Waals surface area contributed by atoms with Gasteiger partial charge in [0.1, 0.15) is 6.17 Å². The molecule has 1 amide bonds. The average Bonchev–Trinajstić information content (AvgIpc) is 2.48. The van der Waals surface area contributed by atoms with Crippen molar-refractivity contribution in [2.24, 2.45) is 0 Å². The summed E-state index contributed by atoms with van der Waals surface area (Å²) in [6, 6.07) is 0. The van der Waals surface area contributed by atoms with Gasteiger partial charge in [0.25, 0.3) is 0 Å². The summed E-state index contributed by atoms with van der Waals surface area (Å²) in [6.07, 6.45) is 0.980. The number of halogens is 2. The van der Waals surface area contributed by atoms with Crippen molar-refractivity contribution < 1.29 is 9.18 Å². The Morgan fingerprint density at radius 2 is 2.50 bits per heavy atom. The fourth-order valence-corrected chi connectivity index (χ4v) is 2.13. The van der Waals surface area contributed by atoms with Crippen molar-refractivity contribution in [3.63, 3.8) is 0 Å². The lowest BCUT2D eigenvalue weighted by Crippen LogP contribution is -2.36. The maximum absolute atomic E-state index is 13.3. The molecule has 0 aromatic rings. The number of rotatable bonds is 0. The second-order valence-electron chi connectivity index (χ2n) is 3.36. The molecule has 0 spiro atoms. The van der Waals surface area contributed by atoms with Gasteiger partial charge in [0.05, 0.1) is 0 Å². The van der Waals surface area contributed by atoms with Gasteiger partial charge in [-0.15, -0.1) is 0 Å². The molecule has 3 nitrogen and oxygen atoms in total. The van der Waals surface area contributed by atoms with Gasteiger partial charge in [-0.05, 0) is 11.6 Å². The van der Waals surface area contributed by atoms with Crippen molar-refractivity contribution in [3.8, 4) is 0 Å². The van der Waals surface area contributed by atoms with Crippen LogP contribution >= 0.6 is 15.9 Å². The zero-order valence-electron chi connectivity index (χ0n) is 7.68. The molecule has 76 valence electrons. The summed E-state index contributed by atoms with van der Waals surface area (Å²) in [7, 11) is 0. The van der Waals surface area contributed by atoms with Crippen LogP contribution in [-0.2, 0) is 4.79 Å². The van der Waals surface area contributed by atoms with Crippen LogP contribution in [0.25, 0.3) is 0 Å². The van der Waals surface area contributed by atoms with Crippen LogP contribution < -0.4 is 5.43 Å². The Bertz CT molecular complexity index is 351. The molecular formula is C9H10BrFN2O. The lowest BCUT2D eigenvalue weighted by atomic mass is 10.0. The summed E-state index contributed by atoms with van der Waals surface area (Å²) in [6.45, 7) is 2.06. The topological polar surface area (TPSA) is 32.3 Å². The van der Waals surface area contributed by atoms with Crippen LogP contribution in [-0.4, -0.2) is 23.6 Å². The van der Waals surface area contributed by atoms with Crippen molar-refractivity contribution in [2.45, 2.75) is 19.5 Å². The number of nitrogens with zero attached hydrogens (tertiary/aromatic N) is 1. The van der Waals surface area contributed by atoms with Gasteiger partial charge in [0.15, 0.2) is 0 Å². The molecule has 0 saturated carbocycles. The predicted octanol–water partition coefficient (Wildman–Crippen LogP) is 1.63. The first kappa shape index (κ1) is 9.86. The van der Waals surface area contributed by atoms with Gasteiger partial charge in [-0.25, -0.2) is 14.8 Å². The predicted molar refractivity (Wildman–Crippen MR) is 54.1 cm³/mol. The highest BCUT2D eigenvalue weighted by Crippen LogP contribution is 2.33. The maximum atomic E-state index is 13.3. The molecular weight excluding hydrogens is 251 g/mol. The van der Waals surface area contributed by atoms with Crippen LogP contribution in [0.4, 0.5) is 4.39 Å². The van der Waals surface area contributed by atoms with Gasteiger partial charge in [0.2, 0.25) is 5.91 Å². The number of nitrogens with one attached hydrogen (secondary N) is 1. The van der Waals surface area contributed by atoms with E-state index in [2.05, 4.69) is 21.4 Å². The van der Waals surface area contributed by atoms with Gasteiger partial charge in [-0.2, -0.15) is 0 Å². The van der Waals surface area contributed by atoms with E-state index >= 15 is 0 Å². The smallest absolute Gasteiger partial charge is 0.237 e. The first-order chi connectivity index (χ1) is 6.59. The fraction of sp³-hybridized carbons (Fsp3) is 0.444. The summed E-state index contributed by atoms with van der Waals surface area (Å²) < 4.78 is 13.9. The van der Waals surface area contributed by atoms with E-state index in [0.29, 0.717) is 11.0 Å². The third-order valence-electron chi connectivity index (χ3n) is 2.37. The van der Waals surface area contributed by atoms with Crippen LogP contribution in [0, 0.1) is 0 Å². The molecule has 1 heterocycles. The molecule has 1 N–H and O–H groups in total. The van der Waals surface area contributed by atoms with E-state index in [1.54, 1.807) is 6.08 Å². The van der Waals surface area contributed by atoms with E-state index in [1.807, 2.05) is 0 Å². The van der Waals surface area contributed by atoms with E-state index in [-0.39, 0.29) is 12.3 Å². The summed E-state index contributed by atoms with van der Waals surface area (Å²) in [5, 5.41) is 1.43. The van der Waals surface area contributed by atoms with Crippen molar-refractivity contribution in [3.05, 3.63) is 21.8 Å². The Hall–Kier alpha value is -0.680. The average molecular weight is 261 g/mol. The first-order valence-corrected chi connectivity index (χ1v) is 5.16. The lowest BCUT2D eigenvalue weighted by Gasteiger charge is -2.21. The van der Waals surface area contributed by atoms with Gasteiger partial charge in [-0.1, -0.05) is 15.9 Å². The standard InChI is InChI=1S/C9H10BrFN2O/c1-5(14)13-9-3-8(11)7(10)2-6(9)4-12-13/h2,8,12H,3-4H2,1H3. The molecule has 0 saturated heterocycles. The van der Waals surface area contributed by atoms with E-state index in [0.717, 1.165) is 11.3 Å². The molecule has 5 heteroatoms. The minimum Gasteiger partial charge on any atom is -0.273 e. The Morgan fingerprint density at radius 3 is 3.14 bits per heavy atom. The van der Waals surface area contributed by atoms with E-state index in [4.69, 9.17) is 0 Å². The van der Waals surface area contributed by atoms with Crippen molar-refractivity contribution in [1.29, 1.82) is 0 Å². The monoisotopic (exact) mass is 260 g/mol. The van der Waals surface area contributed by atoms with Gasteiger partial charge in [-0.3, -0.25) is 4.79 Å². The second kappa shape index (κ2) is 3.47. The van der Waals surface area contributed by atoms with Gasteiger partial charge in [0, 0.05) is 30.1 Å². The van der Waals surface area contributed by atoms with Crippen LogP contribution in [0.15, 0.2) is 21.8 Å². The molecule has 1 unspecified atom stereocenters. The molecule has 14 heavy (non-hydrogen) atoms. The first-order valence-electron chi connectivity index (χ1n) is 4.37. The maximum Gasteiger partial charge on any atom is 0.237 e. The van der Waals surface area contributed by atoms with Crippen molar-refractivity contribution in [2.75, 3.05) is 6.54 Å². The highest BCUT2D eigenvalue weighted by molar-refractivity contribution is 9.11. The SMILES string of the molecule is CC(=O)N1NCC2=C1CC(F)C(Br)=C2. The summed E-state index contributed by atoms with van der Waals surface area (Å²) in [4.78, 5) is 11.2. The zero-order valence-corrected chi connectivity index (χ0v) is 9.27. The molecule has 0 radical (unpaired) electrons. The van der Waals surface area contributed by atoms with Crippen LogP contribution in [0.2, 0.25) is 0 Å².